The minimum absolute atomic E-state index is 0.259. The van der Waals surface area contributed by atoms with Crippen LogP contribution in [-0.4, -0.2) is 6.29 Å². The summed E-state index contributed by atoms with van der Waals surface area (Å²) in [7, 11) is 0. The van der Waals surface area contributed by atoms with E-state index in [4.69, 9.17) is 0 Å². The maximum absolute atomic E-state index is 10.3. The average Bonchev–Trinajstić information content (AvgIpc) is 2.01. The number of aldehydes is 1. The van der Waals surface area contributed by atoms with Crippen LogP contribution in [0.4, 0.5) is 0 Å². The lowest BCUT2D eigenvalue weighted by atomic mass is 9.96. The Morgan fingerprint density at radius 3 is 2.27 bits per heavy atom. The van der Waals surface area contributed by atoms with Crippen LogP contribution in [0.5, 0.6) is 0 Å². The molecule has 2 unspecified atom stereocenters. The smallest absolute Gasteiger partial charge is 0.122 e. The lowest BCUT2D eigenvalue weighted by molar-refractivity contribution is -0.110. The van der Waals surface area contributed by atoms with Crippen molar-refractivity contribution < 1.29 is 4.79 Å². The predicted octanol–water partition coefficient (Wildman–Crippen LogP) is 3.04. The lowest BCUT2D eigenvalue weighted by Gasteiger charge is -2.10. The zero-order valence-electron chi connectivity index (χ0n) is 7.97. The molecule has 66 valence electrons. The number of hydrogen-bond acceptors (Lipinski definition) is 1. The molecule has 0 rings (SSSR count). The molecule has 0 aromatic carbocycles. The third kappa shape index (κ3) is 6.08. The molecular formula is C10H20O. The van der Waals surface area contributed by atoms with Gasteiger partial charge in [0.05, 0.1) is 0 Å². The molecule has 0 fully saturated rings. The van der Waals surface area contributed by atoms with Crippen LogP contribution in [0.3, 0.4) is 0 Å². The van der Waals surface area contributed by atoms with Gasteiger partial charge in [0.15, 0.2) is 0 Å². The van der Waals surface area contributed by atoms with Crippen molar-refractivity contribution in [2.24, 2.45) is 11.8 Å². The molecular weight excluding hydrogens is 136 g/mol. The second-order valence-electron chi connectivity index (χ2n) is 3.58. The molecule has 0 saturated heterocycles. The summed E-state index contributed by atoms with van der Waals surface area (Å²) in [5.41, 5.74) is 0. The summed E-state index contributed by atoms with van der Waals surface area (Å²) in [5, 5.41) is 0. The summed E-state index contributed by atoms with van der Waals surface area (Å²) in [6.45, 7) is 6.46. The first-order valence-corrected chi connectivity index (χ1v) is 4.66. The maximum atomic E-state index is 10.3. The van der Waals surface area contributed by atoms with Crippen molar-refractivity contribution in [3.05, 3.63) is 0 Å². The van der Waals surface area contributed by atoms with Gasteiger partial charge in [-0.15, -0.1) is 0 Å². The van der Waals surface area contributed by atoms with Crippen LogP contribution in [-0.2, 0) is 4.79 Å². The molecule has 0 aliphatic rings. The van der Waals surface area contributed by atoms with Gasteiger partial charge in [-0.05, 0) is 12.3 Å². The molecule has 1 nitrogen and oxygen atoms in total. The third-order valence-electron chi connectivity index (χ3n) is 2.13. The standard InChI is InChI=1S/C10H20O/c1-4-5-9(2)6-7-10(3)8-11/h8-10H,4-7H2,1-3H3. The van der Waals surface area contributed by atoms with Gasteiger partial charge in [0.2, 0.25) is 0 Å². The summed E-state index contributed by atoms with van der Waals surface area (Å²) in [6.07, 6.45) is 5.87. The fraction of sp³-hybridized carbons (Fsp3) is 0.900. The Bertz CT molecular complexity index is 99.0. The zero-order valence-corrected chi connectivity index (χ0v) is 7.97. The van der Waals surface area contributed by atoms with E-state index in [1.165, 1.54) is 19.3 Å². The Labute approximate surface area is 70.2 Å². The third-order valence-corrected chi connectivity index (χ3v) is 2.13. The Morgan fingerprint density at radius 1 is 1.18 bits per heavy atom. The van der Waals surface area contributed by atoms with Crippen LogP contribution < -0.4 is 0 Å². The van der Waals surface area contributed by atoms with Gasteiger partial charge in [-0.25, -0.2) is 0 Å². The number of carbonyl (C=O) groups excluding carboxylic acids is 1. The molecule has 1 heteroatoms. The van der Waals surface area contributed by atoms with Gasteiger partial charge in [0, 0.05) is 5.92 Å². The van der Waals surface area contributed by atoms with Crippen molar-refractivity contribution in [1.82, 2.24) is 0 Å². The van der Waals surface area contributed by atoms with E-state index >= 15 is 0 Å². The summed E-state index contributed by atoms with van der Waals surface area (Å²) in [4.78, 5) is 10.3. The van der Waals surface area contributed by atoms with Crippen molar-refractivity contribution in [3.63, 3.8) is 0 Å². The Balaban J connectivity index is 3.29. The monoisotopic (exact) mass is 156 g/mol. The van der Waals surface area contributed by atoms with Gasteiger partial charge < -0.3 is 4.79 Å². The molecule has 0 aromatic heterocycles. The van der Waals surface area contributed by atoms with Crippen LogP contribution in [0.2, 0.25) is 0 Å². The molecule has 0 saturated carbocycles. The highest BCUT2D eigenvalue weighted by Gasteiger charge is 2.04. The fourth-order valence-corrected chi connectivity index (χ4v) is 1.25. The minimum Gasteiger partial charge on any atom is -0.303 e. The molecule has 0 radical (unpaired) electrons. The van der Waals surface area contributed by atoms with Gasteiger partial charge >= 0.3 is 0 Å². The number of rotatable bonds is 6. The van der Waals surface area contributed by atoms with Crippen molar-refractivity contribution in [2.75, 3.05) is 0 Å². The quantitative estimate of drug-likeness (QED) is 0.540. The first kappa shape index (κ1) is 10.7. The van der Waals surface area contributed by atoms with Crippen molar-refractivity contribution >= 4 is 6.29 Å². The highest BCUT2D eigenvalue weighted by molar-refractivity contribution is 5.52. The van der Waals surface area contributed by atoms with E-state index in [1.807, 2.05) is 6.92 Å². The van der Waals surface area contributed by atoms with E-state index in [-0.39, 0.29) is 5.92 Å². The normalized spacial score (nSPS) is 15.9. The molecule has 11 heavy (non-hydrogen) atoms. The molecule has 0 heterocycles. The Hall–Kier alpha value is -0.330. The van der Waals surface area contributed by atoms with E-state index in [2.05, 4.69) is 13.8 Å². The lowest BCUT2D eigenvalue weighted by Crippen LogP contribution is -2.00. The minimum atomic E-state index is 0.259. The van der Waals surface area contributed by atoms with Crippen LogP contribution in [0, 0.1) is 11.8 Å². The van der Waals surface area contributed by atoms with Crippen LogP contribution in [0.15, 0.2) is 0 Å². The van der Waals surface area contributed by atoms with Crippen LogP contribution >= 0.6 is 0 Å². The summed E-state index contributed by atoms with van der Waals surface area (Å²) >= 11 is 0. The number of hydrogen-bond donors (Lipinski definition) is 0. The summed E-state index contributed by atoms with van der Waals surface area (Å²) < 4.78 is 0. The Kier molecular flexibility index (Phi) is 6.19. The zero-order chi connectivity index (χ0) is 8.69. The summed E-state index contributed by atoms with van der Waals surface area (Å²) in [5.74, 6) is 1.05. The van der Waals surface area contributed by atoms with Gasteiger partial charge in [-0.1, -0.05) is 40.0 Å². The average molecular weight is 156 g/mol. The predicted molar refractivity (Wildman–Crippen MR) is 48.5 cm³/mol. The highest BCUT2D eigenvalue weighted by Crippen LogP contribution is 2.15. The van der Waals surface area contributed by atoms with Crippen LogP contribution in [0.25, 0.3) is 0 Å². The highest BCUT2D eigenvalue weighted by atomic mass is 16.1. The molecule has 0 N–H and O–H groups in total. The topological polar surface area (TPSA) is 17.1 Å². The van der Waals surface area contributed by atoms with Crippen LogP contribution in [0.1, 0.15) is 46.5 Å². The maximum Gasteiger partial charge on any atom is 0.122 e. The second-order valence-corrected chi connectivity index (χ2v) is 3.58. The fourth-order valence-electron chi connectivity index (χ4n) is 1.25. The second kappa shape index (κ2) is 6.38. The van der Waals surface area contributed by atoms with E-state index in [0.29, 0.717) is 0 Å². The van der Waals surface area contributed by atoms with Gasteiger partial charge in [0.25, 0.3) is 0 Å². The number of carbonyl (C=O) groups is 1. The summed E-state index contributed by atoms with van der Waals surface area (Å²) in [6, 6.07) is 0. The largest absolute Gasteiger partial charge is 0.303 e. The van der Waals surface area contributed by atoms with Crippen molar-refractivity contribution in [3.8, 4) is 0 Å². The van der Waals surface area contributed by atoms with E-state index in [1.54, 1.807) is 0 Å². The molecule has 0 aliphatic carbocycles. The molecule has 0 spiro atoms. The van der Waals surface area contributed by atoms with E-state index < -0.39 is 0 Å². The van der Waals surface area contributed by atoms with Gasteiger partial charge in [-0.2, -0.15) is 0 Å². The SMILES string of the molecule is CCCC(C)CCC(C)C=O. The van der Waals surface area contributed by atoms with Crippen molar-refractivity contribution in [1.29, 1.82) is 0 Å². The molecule has 0 bridgehead atoms. The van der Waals surface area contributed by atoms with E-state index in [0.717, 1.165) is 18.6 Å². The van der Waals surface area contributed by atoms with Crippen molar-refractivity contribution in [2.45, 2.75) is 46.5 Å². The van der Waals surface area contributed by atoms with E-state index in [9.17, 15) is 4.79 Å². The van der Waals surface area contributed by atoms with Gasteiger partial charge in [0.1, 0.15) is 6.29 Å². The Morgan fingerprint density at radius 2 is 1.82 bits per heavy atom. The molecule has 0 amide bonds. The molecule has 0 aromatic rings. The van der Waals surface area contributed by atoms with Gasteiger partial charge in [-0.3, -0.25) is 0 Å². The molecule has 2 atom stereocenters. The first-order valence-electron chi connectivity index (χ1n) is 4.66. The first-order chi connectivity index (χ1) is 5.20. The molecule has 0 aliphatic heterocycles.